The molecule has 0 spiro atoms. The summed E-state index contributed by atoms with van der Waals surface area (Å²) >= 11 is 4.64. The minimum Gasteiger partial charge on any atom is -0.496 e. The zero-order chi connectivity index (χ0) is 43.1. The lowest BCUT2D eigenvalue weighted by atomic mass is 9.69. The Bertz CT molecular complexity index is 1460. The molecule has 0 heterocycles. The highest BCUT2D eigenvalue weighted by Gasteiger charge is 2.30. The molecule has 0 bridgehead atoms. The van der Waals surface area contributed by atoms with Crippen LogP contribution >= 0.6 is 20.8 Å². The van der Waals surface area contributed by atoms with Crippen molar-refractivity contribution in [1.82, 2.24) is 4.90 Å². The molecule has 1 atom stereocenters. The largest absolute Gasteiger partial charge is 0.496 e. The topological polar surface area (TPSA) is 21.7 Å². The van der Waals surface area contributed by atoms with E-state index in [4.69, 9.17) is 9.47 Å². The Morgan fingerprint density at radius 2 is 1.14 bits per heavy atom. The minimum absolute atomic E-state index is 0.418. The second kappa shape index (κ2) is 29.2. The molecular formula is C52H87ClNO2P. The summed E-state index contributed by atoms with van der Waals surface area (Å²) in [5.41, 5.74) is 9.42. The van der Waals surface area contributed by atoms with E-state index in [1.165, 1.54) is 84.7 Å². The van der Waals surface area contributed by atoms with E-state index in [9.17, 15) is 0 Å². The van der Waals surface area contributed by atoms with Crippen molar-refractivity contribution in [3.63, 3.8) is 0 Å². The normalized spacial score (nSPS) is 14.6. The summed E-state index contributed by atoms with van der Waals surface area (Å²) in [7, 11) is 10.5. The van der Waals surface area contributed by atoms with E-state index in [2.05, 4.69) is 132 Å². The number of benzene rings is 3. The first-order valence-electron chi connectivity index (χ1n) is 22.6. The summed E-state index contributed by atoms with van der Waals surface area (Å²) in [4.78, 5) is 2.21. The summed E-state index contributed by atoms with van der Waals surface area (Å²) in [5, 5.41) is 1.05. The average Bonchev–Trinajstić information content (AvgIpc) is 3.23. The van der Waals surface area contributed by atoms with Crippen LogP contribution in [-0.4, -0.2) is 46.1 Å². The van der Waals surface area contributed by atoms with Gasteiger partial charge in [0.05, 0.1) is 14.2 Å². The van der Waals surface area contributed by atoms with Crippen molar-refractivity contribution in [3.05, 3.63) is 76.3 Å². The number of hydrogen-bond acceptors (Lipinski definition) is 3. The van der Waals surface area contributed by atoms with Crippen molar-refractivity contribution in [1.29, 1.82) is 0 Å². The molecule has 3 aromatic carbocycles. The van der Waals surface area contributed by atoms with Crippen LogP contribution in [0.2, 0.25) is 0 Å². The van der Waals surface area contributed by atoms with Crippen LogP contribution in [0.1, 0.15) is 179 Å². The Morgan fingerprint density at radius 3 is 1.53 bits per heavy atom. The van der Waals surface area contributed by atoms with Gasteiger partial charge in [0.15, 0.2) is 0 Å². The van der Waals surface area contributed by atoms with Gasteiger partial charge in [-0.25, -0.2) is 0 Å². The minimum atomic E-state index is 0.418. The standard InChI is InChI=1S/C23H33O2P.C15H28.C11H17N.C2H6.CH3Cl/c1-13(2)16-11-17(14(3)4)21(18(12-16)15(5)6)22-19(24-7)9-10-20(25-8)23(22)26;1-2-15(13-9-5-3-6-10-13)14-11-7-4-8-12-14;1-10-6-4-5-7-11(10)8-9-12(2)3;2*1-2/h9-15H,26H2,1-8H3;13-15H,2-12H2,1H3;4-7H,8-9H2,1-3H3;1-2H3;1H3. The smallest absolute Gasteiger partial charge is 0.127 e. The fourth-order valence-electron chi connectivity index (χ4n) is 8.84. The molecule has 2 aliphatic carbocycles. The molecule has 3 nitrogen and oxygen atoms in total. The monoisotopic (exact) mass is 824 g/mol. The van der Waals surface area contributed by atoms with E-state index in [0.29, 0.717) is 17.8 Å². The van der Waals surface area contributed by atoms with Crippen molar-refractivity contribution >= 4 is 26.1 Å². The van der Waals surface area contributed by atoms with Gasteiger partial charge in [-0.1, -0.05) is 169 Å². The van der Waals surface area contributed by atoms with Crippen LogP contribution in [0.3, 0.4) is 0 Å². The molecule has 0 N–H and O–H groups in total. The summed E-state index contributed by atoms with van der Waals surface area (Å²) < 4.78 is 11.4. The van der Waals surface area contributed by atoms with Crippen LogP contribution in [0.25, 0.3) is 11.1 Å². The van der Waals surface area contributed by atoms with Gasteiger partial charge in [-0.2, -0.15) is 0 Å². The molecule has 2 fully saturated rings. The van der Waals surface area contributed by atoms with Crippen LogP contribution in [0, 0.1) is 24.7 Å². The van der Waals surface area contributed by atoms with Crippen molar-refractivity contribution in [2.24, 2.45) is 17.8 Å². The number of alkyl halides is 1. The third kappa shape index (κ3) is 16.8. The Balaban J connectivity index is 0.000000443. The Labute approximate surface area is 361 Å². The van der Waals surface area contributed by atoms with Crippen LogP contribution in [0.5, 0.6) is 11.5 Å². The van der Waals surface area contributed by atoms with Gasteiger partial charge in [-0.05, 0) is 108 Å². The highest BCUT2D eigenvalue weighted by Crippen LogP contribution is 2.44. The molecule has 0 amide bonds. The first-order chi connectivity index (χ1) is 27.3. The third-order valence-electron chi connectivity index (χ3n) is 12.1. The van der Waals surface area contributed by atoms with Crippen LogP contribution < -0.4 is 14.8 Å². The van der Waals surface area contributed by atoms with Crippen molar-refractivity contribution in [2.45, 2.75) is 164 Å². The van der Waals surface area contributed by atoms with Gasteiger partial charge < -0.3 is 14.4 Å². The van der Waals surface area contributed by atoms with Gasteiger partial charge in [-0.15, -0.1) is 20.8 Å². The maximum absolute atomic E-state index is 5.76. The van der Waals surface area contributed by atoms with Crippen molar-refractivity contribution < 1.29 is 9.47 Å². The molecular weight excluding hydrogens is 737 g/mol. The summed E-state index contributed by atoms with van der Waals surface area (Å²) in [6.45, 7) is 23.3. The lowest BCUT2D eigenvalue weighted by Gasteiger charge is -2.37. The van der Waals surface area contributed by atoms with Crippen molar-refractivity contribution in [2.75, 3.05) is 41.2 Å². The number of halogens is 1. The number of likely N-dealkylation sites (N-methyl/N-ethyl adjacent to an activating group) is 1. The molecule has 0 radical (unpaired) electrons. The molecule has 0 aliphatic heterocycles. The van der Waals surface area contributed by atoms with Gasteiger partial charge in [0, 0.05) is 23.8 Å². The van der Waals surface area contributed by atoms with Gasteiger partial charge in [0.2, 0.25) is 0 Å². The highest BCUT2D eigenvalue weighted by molar-refractivity contribution is 7.28. The van der Waals surface area contributed by atoms with E-state index in [-0.39, 0.29) is 0 Å². The zero-order valence-corrected chi connectivity index (χ0v) is 41.4. The Morgan fingerprint density at radius 1 is 0.684 bits per heavy atom. The number of hydrogen-bond donors (Lipinski definition) is 0. The van der Waals surface area contributed by atoms with Gasteiger partial charge in [-0.3, -0.25) is 0 Å². The summed E-state index contributed by atoms with van der Waals surface area (Å²) in [6.07, 6.45) is 19.4. The van der Waals surface area contributed by atoms with E-state index < -0.39 is 0 Å². The SMILES string of the molecule is CC.CCC(C1CCCCC1)C1CCCCC1.CCl.COc1ccc(OC)c(-c2c(C(C)C)cc(C(C)C)cc2C(C)C)c1P.Cc1ccccc1CCN(C)C. The van der Waals surface area contributed by atoms with Crippen LogP contribution in [0.15, 0.2) is 48.5 Å². The molecule has 0 saturated heterocycles. The number of methoxy groups -OCH3 is 2. The Hall–Kier alpha value is -2.06. The van der Waals surface area contributed by atoms with Crippen LogP contribution in [-0.2, 0) is 6.42 Å². The molecule has 3 aromatic rings. The zero-order valence-electron chi connectivity index (χ0n) is 39.5. The van der Waals surface area contributed by atoms with Gasteiger partial charge in [0.25, 0.3) is 0 Å². The van der Waals surface area contributed by atoms with Gasteiger partial charge >= 0.3 is 0 Å². The quantitative estimate of drug-likeness (QED) is 0.134. The molecule has 5 heteroatoms. The number of rotatable bonds is 12. The molecule has 5 rings (SSSR count). The fraction of sp³-hybridized carbons (Fsp3) is 0.654. The Kier molecular flexibility index (Phi) is 27.1. The third-order valence-corrected chi connectivity index (χ3v) is 12.6. The second-order valence-corrected chi connectivity index (χ2v) is 17.7. The summed E-state index contributed by atoms with van der Waals surface area (Å²) in [6, 6.07) is 17.3. The average molecular weight is 825 g/mol. The number of aryl methyl sites for hydroxylation is 1. The van der Waals surface area contributed by atoms with E-state index in [1.54, 1.807) is 39.9 Å². The highest BCUT2D eigenvalue weighted by atomic mass is 35.5. The molecule has 0 aromatic heterocycles. The number of ether oxygens (including phenoxy) is 2. The maximum Gasteiger partial charge on any atom is 0.127 e. The lowest BCUT2D eigenvalue weighted by Crippen LogP contribution is -2.26. The number of nitrogens with zero attached hydrogens (tertiary/aromatic N) is 1. The first kappa shape index (κ1) is 53.0. The van der Waals surface area contributed by atoms with E-state index in [0.717, 1.165) is 53.1 Å². The molecule has 324 valence electrons. The van der Waals surface area contributed by atoms with Crippen molar-refractivity contribution in [3.8, 4) is 22.6 Å². The summed E-state index contributed by atoms with van der Waals surface area (Å²) in [5.74, 6) is 6.38. The predicted octanol–water partition coefficient (Wildman–Crippen LogP) is 15.4. The lowest BCUT2D eigenvalue weighted by molar-refractivity contribution is 0.139. The van der Waals surface area contributed by atoms with Gasteiger partial charge in [0.1, 0.15) is 11.5 Å². The predicted molar refractivity (Wildman–Crippen MR) is 260 cm³/mol. The molecule has 2 aliphatic rings. The second-order valence-electron chi connectivity index (χ2n) is 17.1. The first-order valence-corrected chi connectivity index (χ1v) is 23.9. The fourth-order valence-corrected chi connectivity index (χ4v) is 9.34. The van der Waals surface area contributed by atoms with Crippen LogP contribution in [0.4, 0.5) is 0 Å². The molecule has 57 heavy (non-hydrogen) atoms. The van der Waals surface area contributed by atoms with E-state index in [1.807, 2.05) is 26.0 Å². The van der Waals surface area contributed by atoms with E-state index >= 15 is 0 Å². The molecule has 2 saturated carbocycles. The molecule has 1 unspecified atom stereocenters. The maximum atomic E-state index is 5.76.